The molecular formula is C13H13BrMgO. The molecule has 3 heteroatoms. The van der Waals surface area contributed by atoms with Gasteiger partial charge in [0, 0.05) is 19.3 Å². The summed E-state index contributed by atoms with van der Waals surface area (Å²) in [5.74, 6) is 3.38. The SMILES string of the molecule is O=C(CCCC#[C][Mg][Br])Cc1ccccc1. The summed E-state index contributed by atoms with van der Waals surface area (Å²) in [6.07, 6.45) is 2.94. The minimum absolute atomic E-state index is 0.309. The van der Waals surface area contributed by atoms with Crippen LogP contribution in [-0.4, -0.2) is 24.0 Å². The lowest BCUT2D eigenvalue weighted by atomic mass is 10.1. The van der Waals surface area contributed by atoms with Gasteiger partial charge >= 0.3 is 18.2 Å². The molecule has 0 aliphatic heterocycles. The van der Waals surface area contributed by atoms with Crippen molar-refractivity contribution in [1.82, 2.24) is 0 Å². The van der Waals surface area contributed by atoms with Crippen molar-refractivity contribution in [1.29, 1.82) is 0 Å². The van der Waals surface area contributed by atoms with Gasteiger partial charge in [0.1, 0.15) is 5.78 Å². The fourth-order valence-corrected chi connectivity index (χ4v) is 2.29. The standard InChI is InChI=1S/C13H13O.BrH.Mg/c1-2-3-5-10-13(14)11-12-8-6-4-7-9-12;;/h4,6-9H,3,5,10-11H2;1H;/q;;+1/p-1. The van der Waals surface area contributed by atoms with E-state index in [1.165, 1.54) is 0 Å². The predicted molar refractivity (Wildman–Crippen MR) is 71.5 cm³/mol. The number of rotatable bonds is 5. The van der Waals surface area contributed by atoms with E-state index in [9.17, 15) is 4.79 Å². The highest BCUT2D eigenvalue weighted by molar-refractivity contribution is 9.23. The smallest absolute Gasteiger partial charge is 0.299 e. The second kappa shape index (κ2) is 8.80. The third-order valence-corrected chi connectivity index (χ3v) is 3.42. The first-order valence-electron chi connectivity index (χ1n) is 5.40. The number of hydrogen-bond donors (Lipinski definition) is 0. The molecule has 0 atom stereocenters. The zero-order valence-electron chi connectivity index (χ0n) is 9.21. The van der Waals surface area contributed by atoms with E-state index < -0.39 is 0 Å². The summed E-state index contributed by atoms with van der Waals surface area (Å²) in [5, 5.41) is 0. The third kappa shape index (κ3) is 6.32. The molecule has 0 heterocycles. The van der Waals surface area contributed by atoms with Gasteiger partial charge in [-0.15, -0.1) is 5.92 Å². The highest BCUT2D eigenvalue weighted by Crippen LogP contribution is 2.04. The molecule has 0 aliphatic carbocycles. The van der Waals surface area contributed by atoms with E-state index in [1.54, 1.807) is 0 Å². The molecule has 0 aliphatic rings. The maximum absolute atomic E-state index is 11.6. The van der Waals surface area contributed by atoms with Gasteiger partial charge in [0.05, 0.1) is 0 Å². The van der Waals surface area contributed by atoms with E-state index >= 15 is 0 Å². The summed E-state index contributed by atoms with van der Waals surface area (Å²) < 4.78 is 3.07. The van der Waals surface area contributed by atoms with Crippen LogP contribution in [0.1, 0.15) is 24.8 Å². The topological polar surface area (TPSA) is 17.1 Å². The quantitative estimate of drug-likeness (QED) is 0.463. The van der Waals surface area contributed by atoms with E-state index in [2.05, 4.69) is 22.9 Å². The first-order chi connectivity index (χ1) is 7.83. The summed E-state index contributed by atoms with van der Waals surface area (Å²) >= 11 is 3.06. The van der Waals surface area contributed by atoms with Crippen LogP contribution in [0.2, 0.25) is 0 Å². The van der Waals surface area contributed by atoms with Gasteiger partial charge in [-0.1, -0.05) is 30.3 Å². The Morgan fingerprint density at radius 2 is 2.06 bits per heavy atom. The summed E-state index contributed by atoms with van der Waals surface area (Å²) in [5.41, 5.74) is 1.10. The molecule has 1 aromatic rings. The van der Waals surface area contributed by atoms with Crippen molar-refractivity contribution in [2.24, 2.45) is 0 Å². The van der Waals surface area contributed by atoms with E-state index in [4.69, 9.17) is 0 Å². The molecule has 0 fully saturated rings. The number of unbranched alkanes of at least 4 members (excludes halogenated alkanes) is 1. The van der Waals surface area contributed by atoms with Crippen LogP contribution >= 0.6 is 12.9 Å². The van der Waals surface area contributed by atoms with Crippen LogP contribution in [0.25, 0.3) is 0 Å². The molecule has 0 unspecified atom stereocenters. The van der Waals surface area contributed by atoms with Gasteiger partial charge in [-0.3, -0.25) is 21.7 Å². The van der Waals surface area contributed by atoms with Gasteiger partial charge < -0.3 is 0 Å². The molecule has 0 amide bonds. The van der Waals surface area contributed by atoms with E-state index in [-0.39, 0.29) is 18.2 Å². The second-order valence-corrected chi connectivity index (χ2v) is 5.84. The van der Waals surface area contributed by atoms with Crippen LogP contribution in [0.4, 0.5) is 0 Å². The fraction of sp³-hybridized carbons (Fsp3) is 0.308. The lowest BCUT2D eigenvalue weighted by Crippen LogP contribution is -2.01. The normalized spacial score (nSPS) is 8.81. The highest BCUT2D eigenvalue weighted by atomic mass is 79.9. The maximum Gasteiger partial charge on any atom is 0.569 e. The summed E-state index contributed by atoms with van der Waals surface area (Å²) in [6.45, 7) is 0. The number of carbonyl (C=O) groups is 1. The molecule has 16 heavy (non-hydrogen) atoms. The summed E-state index contributed by atoms with van der Waals surface area (Å²) in [6, 6.07) is 9.89. The van der Waals surface area contributed by atoms with Crippen molar-refractivity contribution >= 4 is 36.9 Å². The van der Waals surface area contributed by atoms with E-state index in [0.29, 0.717) is 18.6 Å². The largest absolute Gasteiger partial charge is 0.569 e. The lowest BCUT2D eigenvalue weighted by molar-refractivity contribution is -0.118. The van der Waals surface area contributed by atoms with Gasteiger partial charge in [0.25, 0.3) is 0 Å². The van der Waals surface area contributed by atoms with Crippen LogP contribution in [0.5, 0.6) is 0 Å². The summed E-state index contributed by atoms with van der Waals surface area (Å²) in [7, 11) is 0. The maximum atomic E-state index is 11.6. The van der Waals surface area contributed by atoms with Gasteiger partial charge in [-0.25, -0.2) is 0 Å². The number of hydrogen-bond acceptors (Lipinski definition) is 1. The Labute approximate surface area is 113 Å². The molecule has 1 nitrogen and oxygen atoms in total. The number of halogens is 1. The van der Waals surface area contributed by atoms with Crippen molar-refractivity contribution in [3.8, 4) is 9.97 Å². The third-order valence-electron chi connectivity index (χ3n) is 2.19. The molecular weight excluding hydrogens is 276 g/mol. The van der Waals surface area contributed by atoms with Crippen LogP contribution in [0.3, 0.4) is 0 Å². The zero-order chi connectivity index (χ0) is 11.6. The average Bonchev–Trinajstić information content (AvgIpc) is 2.30. The average molecular weight is 289 g/mol. The molecule has 0 aromatic heterocycles. The van der Waals surface area contributed by atoms with Crippen LogP contribution in [0.15, 0.2) is 30.3 Å². The zero-order valence-corrected chi connectivity index (χ0v) is 12.2. The first-order valence-corrected chi connectivity index (χ1v) is 10.0. The van der Waals surface area contributed by atoms with Crippen LogP contribution in [0, 0.1) is 9.97 Å². The lowest BCUT2D eigenvalue weighted by Gasteiger charge is -1.99. The van der Waals surface area contributed by atoms with Crippen molar-refractivity contribution in [2.45, 2.75) is 25.7 Å². The Balaban J connectivity index is 2.21. The molecule has 0 bridgehead atoms. The number of ketones is 1. The molecule has 1 aromatic carbocycles. The fourth-order valence-electron chi connectivity index (χ4n) is 1.42. The van der Waals surface area contributed by atoms with Crippen molar-refractivity contribution in [2.75, 3.05) is 0 Å². The van der Waals surface area contributed by atoms with Gasteiger partial charge in [0.2, 0.25) is 0 Å². The van der Waals surface area contributed by atoms with Crippen LogP contribution in [-0.2, 0) is 11.2 Å². The Morgan fingerprint density at radius 1 is 1.31 bits per heavy atom. The van der Waals surface area contributed by atoms with Crippen molar-refractivity contribution in [3.63, 3.8) is 0 Å². The molecule has 0 spiro atoms. The first kappa shape index (κ1) is 13.8. The molecule has 1 rings (SSSR count). The van der Waals surface area contributed by atoms with Crippen molar-refractivity contribution in [3.05, 3.63) is 35.9 Å². The molecule has 0 N–H and O–H groups in total. The van der Waals surface area contributed by atoms with E-state index in [1.807, 2.05) is 30.3 Å². The molecule has 80 valence electrons. The van der Waals surface area contributed by atoms with Gasteiger partial charge in [-0.2, -0.15) is 0 Å². The van der Waals surface area contributed by atoms with Crippen LogP contribution < -0.4 is 0 Å². The van der Waals surface area contributed by atoms with E-state index in [0.717, 1.165) is 18.4 Å². The molecule has 0 saturated carbocycles. The Bertz CT molecular complexity index is 378. The Kier molecular flexibility index (Phi) is 7.57. The predicted octanol–water partition coefficient (Wildman–Crippen LogP) is 2.94. The Hall–Kier alpha value is -0.304. The minimum Gasteiger partial charge on any atom is -0.299 e. The number of benzene rings is 1. The number of carbonyl (C=O) groups excluding carboxylic acids is 1. The number of Topliss-reactive ketones (excluding diaryl/α,β-unsaturated/α-hetero) is 1. The molecule has 0 saturated heterocycles. The van der Waals surface area contributed by atoms with Gasteiger partial charge in [0.15, 0.2) is 0 Å². The summed E-state index contributed by atoms with van der Waals surface area (Å²) in [4.78, 5) is 11.6. The highest BCUT2D eigenvalue weighted by Gasteiger charge is 2.02. The monoisotopic (exact) mass is 288 g/mol. The second-order valence-electron chi connectivity index (χ2n) is 3.54. The van der Waals surface area contributed by atoms with Gasteiger partial charge in [-0.05, 0) is 12.0 Å². The molecule has 0 radical (unpaired) electrons. The van der Waals surface area contributed by atoms with Crippen molar-refractivity contribution < 1.29 is 4.79 Å². The Morgan fingerprint density at radius 3 is 2.75 bits per heavy atom. The minimum atomic E-state index is -0.314.